The molecule has 3 N–H and O–H groups in total. The normalized spacial score (nSPS) is 17.5. The summed E-state index contributed by atoms with van der Waals surface area (Å²) >= 11 is 0. The van der Waals surface area contributed by atoms with Gasteiger partial charge in [-0.1, -0.05) is 36.4 Å². The summed E-state index contributed by atoms with van der Waals surface area (Å²) in [6.07, 6.45) is 0.675. The van der Waals surface area contributed by atoms with E-state index in [0.29, 0.717) is 41.4 Å². The van der Waals surface area contributed by atoms with Crippen LogP contribution in [-0.2, 0) is 19.2 Å². The first-order valence-corrected chi connectivity index (χ1v) is 11.6. The number of hydrogen-bond donors (Lipinski definition) is 3. The smallest absolute Gasteiger partial charge is 0.305 e. The first-order chi connectivity index (χ1) is 17.2. The van der Waals surface area contributed by atoms with Crippen LogP contribution in [0.5, 0.6) is 0 Å². The van der Waals surface area contributed by atoms with E-state index in [4.69, 9.17) is 5.11 Å². The lowest BCUT2D eigenvalue weighted by Crippen LogP contribution is -2.54. The largest absolute Gasteiger partial charge is 0.481 e. The fraction of sp³-hybridized carbons (Fsp3) is 0.308. The van der Waals surface area contributed by atoms with Crippen molar-refractivity contribution in [2.24, 2.45) is 0 Å². The molecule has 1 fully saturated rings. The molecular weight excluding hydrogens is 466 g/mol. The highest BCUT2D eigenvalue weighted by molar-refractivity contribution is 6.24. The molecule has 2 aliphatic rings. The number of benzene rings is 2. The number of likely N-dealkylation sites (tertiary alicyclic amines) is 1. The highest BCUT2D eigenvalue weighted by Gasteiger charge is 2.38. The predicted octanol–water partition coefficient (Wildman–Crippen LogP) is 1.17. The molecule has 0 bridgehead atoms. The molecule has 3 atom stereocenters. The number of carboxylic acids is 1. The zero-order valence-corrected chi connectivity index (χ0v) is 19.5. The van der Waals surface area contributed by atoms with Gasteiger partial charge in [0.1, 0.15) is 18.4 Å². The van der Waals surface area contributed by atoms with E-state index >= 15 is 0 Å². The number of carbonyl (C=O) groups excluding carboxylic acids is 5. The van der Waals surface area contributed by atoms with Crippen LogP contribution in [0.15, 0.2) is 42.5 Å². The fourth-order valence-electron chi connectivity index (χ4n) is 4.75. The Morgan fingerprint density at radius 3 is 2.44 bits per heavy atom. The standard InChI is InChI=1S/C26H25N3O7/c1-14(26(36)29-11-5-10-20(29)25(35)28-15(13-30)12-21(31)32)27-24(34)19-9-4-8-18-22(19)16-6-2-3-7-17(16)23(18)33/h2-4,6-9,13-15,20H,5,10-12H2,1H3,(H,27,34)(H,28,35)(H,31,32)/t14-,15-,20-/m0/s1. The van der Waals surface area contributed by atoms with Gasteiger partial charge in [-0.3, -0.25) is 24.0 Å². The molecule has 186 valence electrons. The van der Waals surface area contributed by atoms with Gasteiger partial charge < -0.3 is 25.4 Å². The maximum atomic E-state index is 13.2. The Labute approximate surface area is 206 Å². The van der Waals surface area contributed by atoms with Crippen molar-refractivity contribution >= 4 is 35.8 Å². The lowest BCUT2D eigenvalue weighted by atomic mass is 9.98. The van der Waals surface area contributed by atoms with E-state index in [0.717, 1.165) is 0 Å². The second-order valence-electron chi connectivity index (χ2n) is 8.84. The lowest BCUT2D eigenvalue weighted by Gasteiger charge is -2.28. The molecular formula is C26H25N3O7. The lowest BCUT2D eigenvalue weighted by molar-refractivity contribution is -0.141. The van der Waals surface area contributed by atoms with E-state index in [1.54, 1.807) is 42.5 Å². The summed E-state index contributed by atoms with van der Waals surface area (Å²) in [7, 11) is 0. The van der Waals surface area contributed by atoms with Crippen LogP contribution < -0.4 is 10.6 Å². The molecule has 3 amide bonds. The quantitative estimate of drug-likeness (QED) is 0.400. The number of aliphatic carboxylic acids is 1. The molecule has 1 aliphatic heterocycles. The van der Waals surface area contributed by atoms with Gasteiger partial charge in [-0.15, -0.1) is 0 Å². The Bertz CT molecular complexity index is 1270. The van der Waals surface area contributed by atoms with Crippen molar-refractivity contribution in [3.63, 3.8) is 0 Å². The molecule has 1 heterocycles. The van der Waals surface area contributed by atoms with Crippen molar-refractivity contribution in [1.82, 2.24) is 15.5 Å². The van der Waals surface area contributed by atoms with Crippen molar-refractivity contribution in [1.29, 1.82) is 0 Å². The van der Waals surface area contributed by atoms with Crippen LogP contribution in [0.4, 0.5) is 0 Å². The molecule has 0 aromatic heterocycles. The minimum absolute atomic E-state index is 0.165. The Morgan fingerprint density at radius 2 is 1.75 bits per heavy atom. The van der Waals surface area contributed by atoms with E-state index in [1.807, 2.05) is 0 Å². The van der Waals surface area contributed by atoms with Crippen LogP contribution in [0.25, 0.3) is 11.1 Å². The highest BCUT2D eigenvalue weighted by atomic mass is 16.4. The van der Waals surface area contributed by atoms with Gasteiger partial charge in [0.15, 0.2) is 5.78 Å². The average molecular weight is 492 g/mol. The summed E-state index contributed by atoms with van der Waals surface area (Å²) in [4.78, 5) is 75.1. The number of carboxylic acid groups (broad SMARTS) is 1. The van der Waals surface area contributed by atoms with Gasteiger partial charge in [0.25, 0.3) is 5.91 Å². The van der Waals surface area contributed by atoms with E-state index in [1.165, 1.54) is 11.8 Å². The first-order valence-electron chi connectivity index (χ1n) is 11.6. The third-order valence-electron chi connectivity index (χ3n) is 6.44. The Morgan fingerprint density at radius 1 is 1.06 bits per heavy atom. The van der Waals surface area contributed by atoms with E-state index < -0.39 is 48.2 Å². The van der Waals surface area contributed by atoms with Gasteiger partial charge in [-0.25, -0.2) is 0 Å². The minimum atomic E-state index is -1.24. The summed E-state index contributed by atoms with van der Waals surface area (Å²) in [6.45, 7) is 1.79. The van der Waals surface area contributed by atoms with Gasteiger partial charge >= 0.3 is 5.97 Å². The number of amides is 3. The fourth-order valence-corrected chi connectivity index (χ4v) is 4.75. The molecule has 0 unspecified atom stereocenters. The molecule has 1 saturated heterocycles. The molecule has 10 nitrogen and oxygen atoms in total. The van der Waals surface area contributed by atoms with Gasteiger partial charge in [-0.2, -0.15) is 0 Å². The number of hydrogen-bond acceptors (Lipinski definition) is 6. The third kappa shape index (κ3) is 4.61. The van der Waals surface area contributed by atoms with Crippen molar-refractivity contribution in [2.45, 2.75) is 44.3 Å². The molecule has 1 aliphatic carbocycles. The number of aldehydes is 1. The topological polar surface area (TPSA) is 150 Å². The number of carbonyl (C=O) groups is 6. The second kappa shape index (κ2) is 10.1. The Kier molecular flexibility index (Phi) is 6.96. The van der Waals surface area contributed by atoms with Crippen LogP contribution in [0.2, 0.25) is 0 Å². The monoisotopic (exact) mass is 491 g/mol. The molecule has 10 heteroatoms. The SMILES string of the molecule is C[C@H](NC(=O)c1cccc2c1-c1ccccc1C2=O)C(=O)N1CCC[C@H]1C(=O)N[C@H](C=O)CC(=O)O. The summed E-state index contributed by atoms with van der Waals surface area (Å²) in [6, 6.07) is 8.83. The summed E-state index contributed by atoms with van der Waals surface area (Å²) in [5.74, 6) is -3.03. The minimum Gasteiger partial charge on any atom is -0.481 e. The Balaban J connectivity index is 1.48. The van der Waals surface area contributed by atoms with Crippen molar-refractivity contribution in [3.05, 3.63) is 59.2 Å². The van der Waals surface area contributed by atoms with Crippen LogP contribution in [0.3, 0.4) is 0 Å². The molecule has 0 radical (unpaired) electrons. The number of nitrogens with zero attached hydrogens (tertiary/aromatic N) is 1. The molecule has 0 spiro atoms. The highest BCUT2D eigenvalue weighted by Crippen LogP contribution is 2.38. The van der Waals surface area contributed by atoms with Gasteiger partial charge in [-0.05, 0) is 31.4 Å². The maximum absolute atomic E-state index is 13.2. The van der Waals surface area contributed by atoms with Crippen molar-refractivity contribution < 1.29 is 33.9 Å². The molecule has 36 heavy (non-hydrogen) atoms. The molecule has 4 rings (SSSR count). The number of nitrogens with one attached hydrogen (secondary N) is 2. The second-order valence-corrected chi connectivity index (χ2v) is 8.84. The maximum Gasteiger partial charge on any atom is 0.305 e. The molecule has 2 aromatic carbocycles. The predicted molar refractivity (Wildman–Crippen MR) is 127 cm³/mol. The van der Waals surface area contributed by atoms with Crippen LogP contribution in [0.1, 0.15) is 52.5 Å². The molecule has 2 aromatic rings. The average Bonchev–Trinajstić information content (AvgIpc) is 3.46. The zero-order valence-electron chi connectivity index (χ0n) is 19.5. The van der Waals surface area contributed by atoms with Gasteiger partial charge in [0, 0.05) is 28.8 Å². The number of rotatable bonds is 8. The molecule has 0 saturated carbocycles. The number of ketones is 1. The van der Waals surface area contributed by atoms with Crippen molar-refractivity contribution in [3.8, 4) is 11.1 Å². The third-order valence-corrected chi connectivity index (χ3v) is 6.44. The summed E-state index contributed by atoms with van der Waals surface area (Å²) in [5, 5.41) is 13.9. The Hall–Kier alpha value is -4.34. The summed E-state index contributed by atoms with van der Waals surface area (Å²) < 4.78 is 0. The van der Waals surface area contributed by atoms with Gasteiger partial charge in [0.2, 0.25) is 11.8 Å². The van der Waals surface area contributed by atoms with Crippen LogP contribution in [-0.4, -0.2) is 70.4 Å². The van der Waals surface area contributed by atoms with E-state index in [2.05, 4.69) is 10.6 Å². The van der Waals surface area contributed by atoms with E-state index in [-0.39, 0.29) is 17.9 Å². The van der Waals surface area contributed by atoms with E-state index in [9.17, 15) is 28.8 Å². The first kappa shape index (κ1) is 24.8. The number of fused-ring (bicyclic) bond motifs is 3. The summed E-state index contributed by atoms with van der Waals surface area (Å²) in [5.41, 5.74) is 2.38. The van der Waals surface area contributed by atoms with Gasteiger partial charge in [0.05, 0.1) is 12.5 Å². The zero-order chi connectivity index (χ0) is 26.0. The van der Waals surface area contributed by atoms with Crippen molar-refractivity contribution in [2.75, 3.05) is 6.54 Å². The van der Waals surface area contributed by atoms with Crippen LogP contribution >= 0.6 is 0 Å². The van der Waals surface area contributed by atoms with Crippen LogP contribution in [0, 0.1) is 0 Å².